The summed E-state index contributed by atoms with van der Waals surface area (Å²) in [5, 5.41) is 3.49. The van der Waals surface area contributed by atoms with Gasteiger partial charge >= 0.3 is 0 Å². The highest BCUT2D eigenvalue weighted by molar-refractivity contribution is 5.51. The van der Waals surface area contributed by atoms with Gasteiger partial charge in [0.05, 0.1) is 0 Å². The molecule has 0 bridgehead atoms. The Hall–Kier alpha value is -1.09. The molecule has 0 unspecified atom stereocenters. The van der Waals surface area contributed by atoms with Crippen molar-refractivity contribution in [2.45, 2.75) is 47.6 Å². The monoisotopic (exact) mass is 263 g/mol. The topological polar surface area (TPSA) is 28.2 Å². The third-order valence-electron chi connectivity index (χ3n) is 3.18. The van der Waals surface area contributed by atoms with Crippen molar-refractivity contribution in [1.82, 2.24) is 10.3 Å². The van der Waals surface area contributed by atoms with Crippen LogP contribution in [0.4, 0.5) is 5.82 Å². The SMILES string of the molecule is CCCNCc1c(C)cc(C)nc1N(C)CC(C)C. The maximum atomic E-state index is 4.75. The lowest BCUT2D eigenvalue weighted by molar-refractivity contribution is 0.626. The first-order valence-electron chi connectivity index (χ1n) is 7.34. The van der Waals surface area contributed by atoms with Crippen LogP contribution in [0.1, 0.15) is 44.0 Å². The highest BCUT2D eigenvalue weighted by Gasteiger charge is 2.13. The van der Waals surface area contributed by atoms with Gasteiger partial charge < -0.3 is 10.2 Å². The van der Waals surface area contributed by atoms with E-state index in [1.165, 1.54) is 11.1 Å². The van der Waals surface area contributed by atoms with E-state index >= 15 is 0 Å². The first-order valence-corrected chi connectivity index (χ1v) is 7.34. The fraction of sp³-hybridized carbons (Fsp3) is 0.688. The van der Waals surface area contributed by atoms with Gasteiger partial charge in [0.15, 0.2) is 0 Å². The molecule has 1 aromatic rings. The lowest BCUT2D eigenvalue weighted by atomic mass is 10.1. The van der Waals surface area contributed by atoms with Crippen molar-refractivity contribution >= 4 is 5.82 Å². The van der Waals surface area contributed by atoms with Gasteiger partial charge in [-0.1, -0.05) is 20.8 Å². The molecular formula is C16H29N3. The zero-order valence-electron chi connectivity index (χ0n) is 13.4. The molecule has 1 aromatic heterocycles. The molecule has 0 fully saturated rings. The Morgan fingerprint density at radius 2 is 2.00 bits per heavy atom. The second-order valence-electron chi connectivity index (χ2n) is 5.83. The second-order valence-corrected chi connectivity index (χ2v) is 5.83. The molecular weight excluding hydrogens is 234 g/mol. The lowest BCUT2D eigenvalue weighted by Crippen LogP contribution is -2.27. The fourth-order valence-corrected chi connectivity index (χ4v) is 2.40. The summed E-state index contributed by atoms with van der Waals surface area (Å²) in [5.41, 5.74) is 3.77. The molecule has 0 amide bonds. The van der Waals surface area contributed by atoms with Crippen LogP contribution in [-0.2, 0) is 6.54 Å². The molecule has 3 heteroatoms. The zero-order chi connectivity index (χ0) is 14.4. The summed E-state index contributed by atoms with van der Waals surface area (Å²) in [6.07, 6.45) is 1.16. The van der Waals surface area contributed by atoms with E-state index in [-0.39, 0.29) is 0 Å². The Morgan fingerprint density at radius 3 is 2.58 bits per heavy atom. The second kappa shape index (κ2) is 7.49. The number of anilines is 1. The summed E-state index contributed by atoms with van der Waals surface area (Å²) >= 11 is 0. The molecule has 0 saturated heterocycles. The van der Waals surface area contributed by atoms with E-state index in [0.717, 1.165) is 37.6 Å². The number of nitrogens with one attached hydrogen (secondary N) is 1. The molecule has 1 rings (SSSR count). The minimum Gasteiger partial charge on any atom is -0.359 e. The molecule has 108 valence electrons. The molecule has 0 atom stereocenters. The predicted octanol–water partition coefficient (Wildman–Crippen LogP) is 3.29. The van der Waals surface area contributed by atoms with Crippen LogP contribution in [0.15, 0.2) is 6.07 Å². The maximum Gasteiger partial charge on any atom is 0.133 e. The van der Waals surface area contributed by atoms with Crippen molar-refractivity contribution < 1.29 is 0 Å². The lowest BCUT2D eigenvalue weighted by Gasteiger charge is -2.25. The highest BCUT2D eigenvalue weighted by Crippen LogP contribution is 2.22. The molecule has 0 aromatic carbocycles. The predicted molar refractivity (Wildman–Crippen MR) is 83.8 cm³/mol. The molecule has 3 nitrogen and oxygen atoms in total. The molecule has 1 heterocycles. The largest absolute Gasteiger partial charge is 0.359 e. The van der Waals surface area contributed by atoms with Gasteiger partial charge in [-0.2, -0.15) is 0 Å². The number of aryl methyl sites for hydroxylation is 2. The van der Waals surface area contributed by atoms with E-state index in [0.29, 0.717) is 5.92 Å². The molecule has 19 heavy (non-hydrogen) atoms. The van der Waals surface area contributed by atoms with E-state index in [1.54, 1.807) is 0 Å². The Kier molecular flexibility index (Phi) is 6.29. The fourth-order valence-electron chi connectivity index (χ4n) is 2.40. The number of rotatable bonds is 7. The van der Waals surface area contributed by atoms with Crippen molar-refractivity contribution in [2.75, 3.05) is 25.0 Å². The van der Waals surface area contributed by atoms with Gasteiger partial charge in [-0.15, -0.1) is 0 Å². The first-order chi connectivity index (χ1) is 8.95. The van der Waals surface area contributed by atoms with Gasteiger partial charge in [-0.05, 0) is 44.4 Å². The number of nitrogens with zero attached hydrogens (tertiary/aromatic N) is 2. The third kappa shape index (κ3) is 4.83. The van der Waals surface area contributed by atoms with Crippen LogP contribution in [0.5, 0.6) is 0 Å². The van der Waals surface area contributed by atoms with Crippen molar-refractivity contribution in [2.24, 2.45) is 5.92 Å². The van der Waals surface area contributed by atoms with E-state index in [4.69, 9.17) is 4.98 Å². The van der Waals surface area contributed by atoms with Crippen LogP contribution in [0.25, 0.3) is 0 Å². The van der Waals surface area contributed by atoms with Crippen LogP contribution < -0.4 is 10.2 Å². The molecule has 0 aliphatic carbocycles. The van der Waals surface area contributed by atoms with Crippen molar-refractivity contribution in [3.63, 3.8) is 0 Å². The Bertz CT molecular complexity index is 399. The minimum atomic E-state index is 0.643. The van der Waals surface area contributed by atoms with Crippen molar-refractivity contribution in [3.05, 3.63) is 22.9 Å². The van der Waals surface area contributed by atoms with Gasteiger partial charge in [0.2, 0.25) is 0 Å². The summed E-state index contributed by atoms with van der Waals surface area (Å²) in [7, 11) is 2.14. The van der Waals surface area contributed by atoms with E-state index in [2.05, 4.69) is 57.9 Å². The standard InChI is InChI=1S/C16H29N3/c1-7-8-17-10-15-13(4)9-14(5)18-16(15)19(6)11-12(2)3/h9,12,17H,7-8,10-11H2,1-6H3. The highest BCUT2D eigenvalue weighted by atomic mass is 15.2. The van der Waals surface area contributed by atoms with Gasteiger partial charge in [0.25, 0.3) is 0 Å². The van der Waals surface area contributed by atoms with E-state index < -0.39 is 0 Å². The quantitative estimate of drug-likeness (QED) is 0.765. The number of pyridine rings is 1. The smallest absolute Gasteiger partial charge is 0.133 e. The Morgan fingerprint density at radius 1 is 1.32 bits per heavy atom. The van der Waals surface area contributed by atoms with E-state index in [9.17, 15) is 0 Å². The summed E-state index contributed by atoms with van der Waals surface area (Å²) in [6, 6.07) is 2.18. The van der Waals surface area contributed by atoms with Gasteiger partial charge in [-0.3, -0.25) is 0 Å². The van der Waals surface area contributed by atoms with Gasteiger partial charge in [0, 0.05) is 31.4 Å². The summed E-state index contributed by atoms with van der Waals surface area (Å²) in [5.74, 6) is 1.78. The minimum absolute atomic E-state index is 0.643. The van der Waals surface area contributed by atoms with Crippen LogP contribution in [0.2, 0.25) is 0 Å². The average Bonchev–Trinajstić information content (AvgIpc) is 2.30. The Balaban J connectivity index is 2.98. The zero-order valence-corrected chi connectivity index (χ0v) is 13.4. The maximum absolute atomic E-state index is 4.75. The number of hydrogen-bond donors (Lipinski definition) is 1. The van der Waals surface area contributed by atoms with Crippen molar-refractivity contribution in [3.8, 4) is 0 Å². The summed E-state index contributed by atoms with van der Waals surface area (Å²) in [4.78, 5) is 7.04. The van der Waals surface area contributed by atoms with Crippen LogP contribution in [0.3, 0.4) is 0 Å². The van der Waals surface area contributed by atoms with Gasteiger partial charge in [-0.25, -0.2) is 4.98 Å². The average molecular weight is 263 g/mol. The summed E-state index contributed by atoms with van der Waals surface area (Å²) in [6.45, 7) is 13.9. The molecule has 0 aliphatic rings. The molecule has 0 spiro atoms. The normalized spacial score (nSPS) is 11.1. The molecule has 1 N–H and O–H groups in total. The summed E-state index contributed by atoms with van der Waals surface area (Å²) < 4.78 is 0. The van der Waals surface area contributed by atoms with Crippen molar-refractivity contribution in [1.29, 1.82) is 0 Å². The number of hydrogen-bond acceptors (Lipinski definition) is 3. The van der Waals surface area contributed by atoms with Crippen LogP contribution in [0, 0.1) is 19.8 Å². The van der Waals surface area contributed by atoms with Crippen LogP contribution in [-0.4, -0.2) is 25.1 Å². The molecule has 0 aliphatic heterocycles. The number of aromatic nitrogens is 1. The van der Waals surface area contributed by atoms with E-state index in [1.807, 2.05) is 0 Å². The third-order valence-corrected chi connectivity index (χ3v) is 3.18. The first kappa shape index (κ1) is 16.0. The van der Waals surface area contributed by atoms with Gasteiger partial charge in [0.1, 0.15) is 5.82 Å². The molecule has 0 radical (unpaired) electrons. The molecule has 0 saturated carbocycles. The van der Waals surface area contributed by atoms with Crippen LogP contribution >= 0.6 is 0 Å². The Labute approximate surface area is 118 Å².